The quantitative estimate of drug-likeness (QED) is 0.252. The van der Waals surface area contributed by atoms with Crippen LogP contribution in [0.25, 0.3) is 6.08 Å². The second-order valence-corrected chi connectivity index (χ2v) is 8.89. The van der Waals surface area contributed by atoms with Crippen molar-refractivity contribution < 1.29 is 19.1 Å². The number of carbonyl (C=O) groups is 2. The molecular formula is C26H20Cl2N2O4S. The Bertz CT molecular complexity index is 1360. The maximum absolute atomic E-state index is 13.3. The van der Waals surface area contributed by atoms with Gasteiger partial charge in [0.25, 0.3) is 11.8 Å². The molecule has 1 fully saturated rings. The molecule has 0 unspecified atom stereocenters. The van der Waals surface area contributed by atoms with Crippen LogP contribution in [0.2, 0.25) is 10.0 Å². The molecule has 3 aromatic carbocycles. The molecule has 6 nitrogen and oxygen atoms in total. The summed E-state index contributed by atoms with van der Waals surface area (Å²) in [6.45, 7) is 2.39. The summed E-state index contributed by atoms with van der Waals surface area (Å²) in [4.78, 5) is 27.0. The standard InChI is InChI=1S/C26H20Cl2N2O4S/c1-15-6-8-16(9-7-15)14-34-21-11-10-17(13-22(21)33-2)12-18-24(31)29-26(35)30(25(18)32)20-5-3-4-19(27)23(20)28/h3-13H,14H2,1-2H3,(H,29,31,35)/b18-12+. The number of thiocarbonyl (C=S) groups is 1. The molecule has 35 heavy (non-hydrogen) atoms. The fraction of sp³-hybridized carbons (Fsp3) is 0.115. The summed E-state index contributed by atoms with van der Waals surface area (Å²) in [5.74, 6) is -0.252. The lowest BCUT2D eigenvalue weighted by atomic mass is 10.1. The van der Waals surface area contributed by atoms with Gasteiger partial charge in [0, 0.05) is 0 Å². The van der Waals surface area contributed by atoms with Gasteiger partial charge < -0.3 is 9.47 Å². The molecule has 3 aromatic rings. The van der Waals surface area contributed by atoms with E-state index in [9.17, 15) is 9.59 Å². The first-order valence-corrected chi connectivity index (χ1v) is 11.7. The van der Waals surface area contributed by atoms with Crippen molar-refractivity contribution in [1.29, 1.82) is 0 Å². The highest BCUT2D eigenvalue weighted by Crippen LogP contribution is 2.35. The van der Waals surface area contributed by atoms with Gasteiger partial charge in [-0.25, -0.2) is 0 Å². The van der Waals surface area contributed by atoms with E-state index in [-0.39, 0.29) is 26.4 Å². The zero-order valence-corrected chi connectivity index (χ0v) is 21.1. The Kier molecular flexibility index (Phi) is 7.40. The molecule has 0 saturated carbocycles. The number of anilines is 1. The molecule has 9 heteroatoms. The topological polar surface area (TPSA) is 67.9 Å². The molecule has 1 heterocycles. The van der Waals surface area contributed by atoms with Crippen LogP contribution in [0, 0.1) is 6.92 Å². The zero-order valence-electron chi connectivity index (χ0n) is 18.8. The van der Waals surface area contributed by atoms with Gasteiger partial charge in [-0.2, -0.15) is 0 Å². The number of carbonyl (C=O) groups excluding carboxylic acids is 2. The Morgan fingerprint density at radius 3 is 2.49 bits per heavy atom. The molecule has 1 aliphatic heterocycles. The molecule has 2 amide bonds. The summed E-state index contributed by atoms with van der Waals surface area (Å²) < 4.78 is 11.4. The van der Waals surface area contributed by atoms with E-state index in [1.54, 1.807) is 36.4 Å². The van der Waals surface area contributed by atoms with Gasteiger partial charge in [-0.05, 0) is 60.6 Å². The van der Waals surface area contributed by atoms with Gasteiger partial charge >= 0.3 is 0 Å². The van der Waals surface area contributed by atoms with Crippen molar-refractivity contribution in [3.8, 4) is 11.5 Å². The Balaban J connectivity index is 1.61. The fourth-order valence-electron chi connectivity index (χ4n) is 3.45. The zero-order chi connectivity index (χ0) is 25.1. The Morgan fingerprint density at radius 1 is 1.03 bits per heavy atom. The Labute approximate surface area is 218 Å². The molecule has 4 rings (SSSR count). The number of hydrogen-bond donors (Lipinski definition) is 1. The van der Waals surface area contributed by atoms with Crippen LogP contribution in [-0.4, -0.2) is 24.0 Å². The highest BCUT2D eigenvalue weighted by molar-refractivity contribution is 7.80. The molecule has 0 aliphatic carbocycles. The van der Waals surface area contributed by atoms with Crippen molar-refractivity contribution in [2.24, 2.45) is 0 Å². The van der Waals surface area contributed by atoms with Gasteiger partial charge in [-0.1, -0.05) is 65.2 Å². The minimum atomic E-state index is -0.624. The first kappa shape index (κ1) is 24.7. The molecule has 178 valence electrons. The molecule has 0 atom stereocenters. The third kappa shape index (κ3) is 5.32. The van der Waals surface area contributed by atoms with Crippen LogP contribution < -0.4 is 19.7 Å². The summed E-state index contributed by atoms with van der Waals surface area (Å²) in [7, 11) is 1.52. The lowest BCUT2D eigenvalue weighted by molar-refractivity contribution is -0.122. The van der Waals surface area contributed by atoms with Gasteiger partial charge in [0.2, 0.25) is 0 Å². The van der Waals surface area contributed by atoms with Crippen LogP contribution in [0.5, 0.6) is 11.5 Å². The number of rotatable bonds is 6. The predicted octanol–water partition coefficient (Wildman–Crippen LogP) is 5.72. The predicted molar refractivity (Wildman–Crippen MR) is 141 cm³/mol. The minimum absolute atomic E-state index is 0.0845. The van der Waals surface area contributed by atoms with E-state index < -0.39 is 11.8 Å². The fourth-order valence-corrected chi connectivity index (χ4v) is 4.10. The number of ether oxygens (including phenoxy) is 2. The van der Waals surface area contributed by atoms with E-state index >= 15 is 0 Å². The second-order valence-electron chi connectivity index (χ2n) is 7.72. The van der Waals surface area contributed by atoms with Crippen molar-refractivity contribution >= 4 is 64.1 Å². The number of benzene rings is 3. The number of nitrogens with zero attached hydrogens (tertiary/aromatic N) is 1. The van der Waals surface area contributed by atoms with Crippen LogP contribution in [-0.2, 0) is 16.2 Å². The highest BCUT2D eigenvalue weighted by atomic mass is 35.5. The van der Waals surface area contributed by atoms with E-state index in [1.165, 1.54) is 18.7 Å². The number of hydrogen-bond acceptors (Lipinski definition) is 5. The first-order chi connectivity index (χ1) is 16.8. The lowest BCUT2D eigenvalue weighted by Crippen LogP contribution is -2.54. The third-order valence-corrected chi connectivity index (χ3v) is 6.38. The average Bonchev–Trinajstić information content (AvgIpc) is 2.84. The van der Waals surface area contributed by atoms with Crippen LogP contribution in [0.4, 0.5) is 5.69 Å². The normalized spacial score (nSPS) is 14.8. The minimum Gasteiger partial charge on any atom is -0.493 e. The summed E-state index contributed by atoms with van der Waals surface area (Å²) in [6, 6.07) is 18.0. The first-order valence-electron chi connectivity index (χ1n) is 10.5. The SMILES string of the molecule is COc1cc(/C=C2\C(=O)NC(=S)N(c3cccc(Cl)c3Cl)C2=O)ccc1OCc1ccc(C)cc1. The number of aryl methyl sites for hydroxylation is 1. The smallest absolute Gasteiger partial charge is 0.270 e. The molecule has 0 aromatic heterocycles. The highest BCUT2D eigenvalue weighted by Gasteiger charge is 2.35. The molecule has 1 aliphatic rings. The van der Waals surface area contributed by atoms with Crippen LogP contribution in [0.3, 0.4) is 0 Å². The molecule has 0 bridgehead atoms. The molecule has 1 N–H and O–H groups in total. The van der Waals surface area contributed by atoms with Crippen molar-refractivity contribution in [1.82, 2.24) is 5.32 Å². The van der Waals surface area contributed by atoms with Gasteiger partial charge in [0.15, 0.2) is 16.6 Å². The average molecular weight is 527 g/mol. The molecule has 0 spiro atoms. The molecule has 1 saturated heterocycles. The summed E-state index contributed by atoms with van der Waals surface area (Å²) in [6.07, 6.45) is 1.46. The Morgan fingerprint density at radius 2 is 1.77 bits per heavy atom. The van der Waals surface area contributed by atoms with E-state index in [4.69, 9.17) is 44.9 Å². The summed E-state index contributed by atoms with van der Waals surface area (Å²) in [5.41, 5.74) is 2.90. The van der Waals surface area contributed by atoms with Gasteiger partial charge in [0.1, 0.15) is 12.2 Å². The van der Waals surface area contributed by atoms with Crippen LogP contribution in [0.15, 0.2) is 66.2 Å². The van der Waals surface area contributed by atoms with Gasteiger partial charge in [-0.15, -0.1) is 0 Å². The van der Waals surface area contributed by atoms with Crippen molar-refractivity contribution in [3.63, 3.8) is 0 Å². The molecular weight excluding hydrogens is 507 g/mol. The van der Waals surface area contributed by atoms with Crippen LogP contribution in [0.1, 0.15) is 16.7 Å². The van der Waals surface area contributed by atoms with Crippen LogP contribution >= 0.6 is 35.4 Å². The summed E-state index contributed by atoms with van der Waals surface area (Å²) in [5, 5.41) is 2.85. The van der Waals surface area contributed by atoms with Crippen molar-refractivity contribution in [2.75, 3.05) is 12.0 Å². The van der Waals surface area contributed by atoms with E-state index in [2.05, 4.69) is 5.32 Å². The van der Waals surface area contributed by atoms with Gasteiger partial charge in [-0.3, -0.25) is 19.8 Å². The van der Waals surface area contributed by atoms with Crippen molar-refractivity contribution in [2.45, 2.75) is 13.5 Å². The number of amides is 2. The third-order valence-electron chi connectivity index (χ3n) is 5.29. The summed E-state index contributed by atoms with van der Waals surface area (Å²) >= 11 is 17.6. The lowest BCUT2D eigenvalue weighted by Gasteiger charge is -2.29. The van der Waals surface area contributed by atoms with Crippen molar-refractivity contribution in [3.05, 3.63) is 93.0 Å². The maximum atomic E-state index is 13.3. The number of nitrogens with one attached hydrogen (secondary N) is 1. The van der Waals surface area contributed by atoms with E-state index in [0.717, 1.165) is 10.5 Å². The maximum Gasteiger partial charge on any atom is 0.270 e. The monoisotopic (exact) mass is 526 g/mol. The van der Waals surface area contributed by atoms with E-state index in [1.807, 2.05) is 31.2 Å². The Hall–Kier alpha value is -3.39. The molecule has 0 radical (unpaired) electrons. The second kappa shape index (κ2) is 10.5. The van der Waals surface area contributed by atoms with Gasteiger partial charge in [0.05, 0.1) is 22.8 Å². The number of methoxy groups -OCH3 is 1. The largest absolute Gasteiger partial charge is 0.493 e. The van der Waals surface area contributed by atoms with E-state index in [0.29, 0.717) is 23.7 Å². The number of halogens is 2.